The molecule has 19 heavy (non-hydrogen) atoms. The summed E-state index contributed by atoms with van der Waals surface area (Å²) in [5.41, 5.74) is -0.335. The Labute approximate surface area is 114 Å². The summed E-state index contributed by atoms with van der Waals surface area (Å²) in [5, 5.41) is 9.67. The Morgan fingerprint density at radius 3 is 2.53 bits per heavy atom. The van der Waals surface area contributed by atoms with Crippen LogP contribution in [0.2, 0.25) is 0 Å². The second-order valence-corrected chi connectivity index (χ2v) is 6.19. The van der Waals surface area contributed by atoms with E-state index in [1.807, 2.05) is 6.92 Å². The minimum absolute atomic E-state index is 0.00455. The van der Waals surface area contributed by atoms with Crippen LogP contribution in [0, 0.1) is 11.3 Å². The number of hydrogen-bond donors (Lipinski definition) is 1. The lowest BCUT2D eigenvalue weighted by Gasteiger charge is -2.42. The second kappa shape index (κ2) is 6.93. The molecule has 1 rings (SSSR count). The highest BCUT2D eigenvalue weighted by atomic mass is 19.4. The van der Waals surface area contributed by atoms with Crippen molar-refractivity contribution < 1.29 is 18.3 Å². The van der Waals surface area contributed by atoms with Gasteiger partial charge in [0.15, 0.2) is 0 Å². The van der Waals surface area contributed by atoms with Gasteiger partial charge in [-0.15, -0.1) is 0 Å². The molecule has 1 aliphatic rings. The normalized spacial score (nSPS) is 28.9. The van der Waals surface area contributed by atoms with Crippen molar-refractivity contribution in [3.05, 3.63) is 0 Å². The fraction of sp³-hybridized carbons (Fsp3) is 1.00. The van der Waals surface area contributed by atoms with Gasteiger partial charge in [-0.05, 0) is 31.7 Å². The van der Waals surface area contributed by atoms with E-state index in [1.54, 1.807) is 0 Å². The zero-order valence-electron chi connectivity index (χ0n) is 12.0. The van der Waals surface area contributed by atoms with Crippen molar-refractivity contribution in [3.8, 4) is 0 Å². The van der Waals surface area contributed by atoms with Crippen molar-refractivity contribution in [2.45, 2.75) is 52.1 Å². The maximum Gasteiger partial charge on any atom is 0.401 e. The molecule has 0 aromatic heterocycles. The van der Waals surface area contributed by atoms with Gasteiger partial charge in [-0.1, -0.05) is 26.7 Å². The molecule has 2 atom stereocenters. The number of rotatable bonds is 6. The summed E-state index contributed by atoms with van der Waals surface area (Å²) >= 11 is 0. The largest absolute Gasteiger partial charge is 0.401 e. The quantitative estimate of drug-likeness (QED) is 0.806. The van der Waals surface area contributed by atoms with Crippen LogP contribution in [-0.4, -0.2) is 42.4 Å². The lowest BCUT2D eigenvalue weighted by molar-refractivity contribution is -0.151. The Kier molecular flexibility index (Phi) is 6.12. The lowest BCUT2D eigenvalue weighted by Crippen LogP contribution is -2.46. The van der Waals surface area contributed by atoms with Gasteiger partial charge in [0.2, 0.25) is 0 Å². The second-order valence-electron chi connectivity index (χ2n) is 6.19. The van der Waals surface area contributed by atoms with Crippen molar-refractivity contribution in [1.82, 2.24) is 4.90 Å². The number of halogens is 3. The maximum absolute atomic E-state index is 12.6. The van der Waals surface area contributed by atoms with Crippen LogP contribution >= 0.6 is 0 Å². The Morgan fingerprint density at radius 1 is 1.37 bits per heavy atom. The molecule has 2 unspecified atom stereocenters. The Balaban J connectivity index is 2.68. The first-order valence-electron chi connectivity index (χ1n) is 7.20. The molecule has 0 aromatic rings. The van der Waals surface area contributed by atoms with Crippen LogP contribution in [-0.2, 0) is 0 Å². The molecule has 0 heterocycles. The summed E-state index contributed by atoms with van der Waals surface area (Å²) < 4.78 is 37.8. The SMILES string of the molecule is CCCN(CC(F)(F)F)CC1(CO)CCCC(C)C1. The molecule has 1 N–H and O–H groups in total. The molecule has 1 aliphatic carbocycles. The minimum atomic E-state index is -4.16. The molecule has 1 fully saturated rings. The van der Waals surface area contributed by atoms with E-state index in [0.29, 0.717) is 25.4 Å². The van der Waals surface area contributed by atoms with Crippen LogP contribution in [0.5, 0.6) is 0 Å². The van der Waals surface area contributed by atoms with Gasteiger partial charge < -0.3 is 5.11 Å². The first-order chi connectivity index (χ1) is 8.80. The molecule has 5 heteroatoms. The van der Waals surface area contributed by atoms with Crippen molar-refractivity contribution in [2.75, 3.05) is 26.2 Å². The summed E-state index contributed by atoms with van der Waals surface area (Å²) in [5.74, 6) is 0.496. The predicted octanol–water partition coefficient (Wildman–Crippen LogP) is 3.45. The van der Waals surface area contributed by atoms with E-state index in [1.165, 1.54) is 4.90 Å². The molecule has 2 nitrogen and oxygen atoms in total. The molecule has 0 saturated heterocycles. The van der Waals surface area contributed by atoms with Gasteiger partial charge in [0.1, 0.15) is 0 Å². The number of alkyl halides is 3. The fourth-order valence-electron chi connectivity index (χ4n) is 3.36. The van der Waals surface area contributed by atoms with E-state index in [9.17, 15) is 18.3 Å². The molecule has 0 spiro atoms. The highest BCUT2D eigenvalue weighted by Crippen LogP contribution is 2.40. The predicted molar refractivity (Wildman–Crippen MR) is 69.9 cm³/mol. The minimum Gasteiger partial charge on any atom is -0.396 e. The molecule has 0 amide bonds. The number of aliphatic hydroxyl groups is 1. The summed E-state index contributed by atoms with van der Waals surface area (Å²) in [6.45, 7) is 3.94. The van der Waals surface area contributed by atoms with E-state index in [0.717, 1.165) is 25.7 Å². The third-order valence-corrected chi connectivity index (χ3v) is 4.02. The first-order valence-corrected chi connectivity index (χ1v) is 7.20. The van der Waals surface area contributed by atoms with Gasteiger partial charge in [-0.25, -0.2) is 0 Å². The number of aliphatic hydroxyl groups excluding tert-OH is 1. The van der Waals surface area contributed by atoms with Gasteiger partial charge in [-0.2, -0.15) is 13.2 Å². The molecule has 114 valence electrons. The van der Waals surface area contributed by atoms with E-state index in [-0.39, 0.29) is 12.0 Å². The maximum atomic E-state index is 12.6. The molecule has 0 aromatic carbocycles. The average molecular weight is 281 g/mol. The third-order valence-electron chi connectivity index (χ3n) is 4.02. The smallest absolute Gasteiger partial charge is 0.396 e. The molecular formula is C14H26F3NO. The Bertz CT molecular complexity index is 270. The Hall–Kier alpha value is -0.290. The van der Waals surface area contributed by atoms with E-state index in [2.05, 4.69) is 6.92 Å². The number of nitrogens with zero attached hydrogens (tertiary/aromatic N) is 1. The molecular weight excluding hydrogens is 255 g/mol. The van der Waals surface area contributed by atoms with Gasteiger partial charge in [0, 0.05) is 18.6 Å². The highest BCUT2D eigenvalue weighted by Gasteiger charge is 2.38. The topological polar surface area (TPSA) is 23.5 Å². The van der Waals surface area contributed by atoms with Crippen LogP contribution < -0.4 is 0 Å². The standard InChI is InChI=1S/C14H26F3NO/c1-3-7-18(10-14(15,16)17)9-13(11-19)6-4-5-12(2)8-13/h12,19H,3-11H2,1-2H3. The zero-order chi connectivity index (χ0) is 14.5. The van der Waals surface area contributed by atoms with E-state index < -0.39 is 12.7 Å². The summed E-state index contributed by atoms with van der Waals surface area (Å²) in [4.78, 5) is 1.47. The zero-order valence-corrected chi connectivity index (χ0v) is 12.0. The fourth-order valence-corrected chi connectivity index (χ4v) is 3.36. The van der Waals surface area contributed by atoms with Crippen LogP contribution in [0.15, 0.2) is 0 Å². The molecule has 1 saturated carbocycles. The van der Waals surface area contributed by atoms with Crippen LogP contribution in [0.4, 0.5) is 13.2 Å². The third kappa shape index (κ3) is 5.69. The number of hydrogen-bond acceptors (Lipinski definition) is 2. The average Bonchev–Trinajstić information content (AvgIpc) is 2.27. The highest BCUT2D eigenvalue weighted by molar-refractivity contribution is 4.88. The van der Waals surface area contributed by atoms with Gasteiger partial charge in [0.25, 0.3) is 0 Å². The van der Waals surface area contributed by atoms with Crippen LogP contribution in [0.3, 0.4) is 0 Å². The van der Waals surface area contributed by atoms with Gasteiger partial charge in [0.05, 0.1) is 6.54 Å². The molecule has 0 bridgehead atoms. The Morgan fingerprint density at radius 2 is 2.05 bits per heavy atom. The van der Waals surface area contributed by atoms with Crippen molar-refractivity contribution in [3.63, 3.8) is 0 Å². The monoisotopic (exact) mass is 281 g/mol. The van der Waals surface area contributed by atoms with Crippen molar-refractivity contribution in [2.24, 2.45) is 11.3 Å². The first kappa shape index (κ1) is 16.8. The summed E-state index contributed by atoms with van der Waals surface area (Å²) in [7, 11) is 0. The summed E-state index contributed by atoms with van der Waals surface area (Å²) in [6, 6.07) is 0. The van der Waals surface area contributed by atoms with E-state index in [4.69, 9.17) is 0 Å². The molecule has 0 radical (unpaired) electrons. The van der Waals surface area contributed by atoms with E-state index >= 15 is 0 Å². The van der Waals surface area contributed by atoms with Crippen LogP contribution in [0.25, 0.3) is 0 Å². The summed E-state index contributed by atoms with van der Waals surface area (Å²) in [6.07, 6.45) is 0.342. The van der Waals surface area contributed by atoms with Crippen LogP contribution in [0.1, 0.15) is 46.0 Å². The molecule has 0 aliphatic heterocycles. The van der Waals surface area contributed by atoms with Gasteiger partial charge in [-0.3, -0.25) is 4.90 Å². The van der Waals surface area contributed by atoms with Crippen molar-refractivity contribution in [1.29, 1.82) is 0 Å². The lowest BCUT2D eigenvalue weighted by atomic mass is 9.70. The van der Waals surface area contributed by atoms with Gasteiger partial charge >= 0.3 is 6.18 Å². The van der Waals surface area contributed by atoms with Crippen molar-refractivity contribution >= 4 is 0 Å².